The summed E-state index contributed by atoms with van der Waals surface area (Å²) in [5, 5.41) is 35.3. The first-order chi connectivity index (χ1) is 6.67. The van der Waals surface area contributed by atoms with Crippen LogP contribution >= 0.6 is 0 Å². The Labute approximate surface area is 80.6 Å². The number of aromatic hydroxyl groups is 2. The molecule has 0 unspecified atom stereocenters. The van der Waals surface area contributed by atoms with Gasteiger partial charge in [0.25, 0.3) is 0 Å². The zero-order chi connectivity index (χ0) is 10.6. The van der Waals surface area contributed by atoms with Gasteiger partial charge in [0.1, 0.15) is 17.6 Å². The summed E-state index contributed by atoms with van der Waals surface area (Å²) in [6.45, 7) is 0. The van der Waals surface area contributed by atoms with E-state index in [-0.39, 0.29) is 17.1 Å². The lowest BCUT2D eigenvalue weighted by atomic mass is 10.1. The minimum absolute atomic E-state index is 0.0960. The molecule has 0 fully saturated rings. The van der Waals surface area contributed by atoms with E-state index in [1.54, 1.807) is 12.1 Å². The van der Waals surface area contributed by atoms with Crippen molar-refractivity contribution >= 4 is 5.57 Å². The van der Waals surface area contributed by atoms with Crippen LogP contribution in [-0.4, -0.2) is 10.2 Å². The summed E-state index contributed by atoms with van der Waals surface area (Å²) in [6, 6.07) is 7.24. The maximum Gasteiger partial charge on any atom is 0.119 e. The van der Waals surface area contributed by atoms with Crippen molar-refractivity contribution in [3.8, 4) is 23.6 Å². The largest absolute Gasteiger partial charge is 0.508 e. The molecule has 1 aromatic rings. The van der Waals surface area contributed by atoms with Gasteiger partial charge < -0.3 is 10.2 Å². The van der Waals surface area contributed by atoms with E-state index in [1.807, 2.05) is 0 Å². The molecule has 0 aliphatic heterocycles. The number of benzene rings is 1. The smallest absolute Gasteiger partial charge is 0.119 e. The molecule has 0 saturated heterocycles. The molecular weight excluding hydrogens is 180 g/mol. The molecule has 2 N–H and O–H groups in total. The fourth-order valence-electron chi connectivity index (χ4n) is 0.995. The zero-order valence-corrected chi connectivity index (χ0v) is 7.10. The zero-order valence-electron chi connectivity index (χ0n) is 7.10. The number of nitrogens with zero attached hydrogens (tertiary/aromatic N) is 2. The van der Waals surface area contributed by atoms with Crippen molar-refractivity contribution < 1.29 is 10.2 Å². The van der Waals surface area contributed by atoms with Gasteiger partial charge in [0.15, 0.2) is 0 Å². The van der Waals surface area contributed by atoms with E-state index in [0.717, 1.165) is 12.1 Å². The summed E-state index contributed by atoms with van der Waals surface area (Å²) in [6.07, 6.45) is 1.05. The molecule has 0 aromatic heterocycles. The predicted octanol–water partition coefficient (Wildman–Crippen LogP) is 1.53. The number of allylic oxidation sites excluding steroid dienone is 2. The average Bonchev–Trinajstić information content (AvgIpc) is 2.12. The molecule has 4 nitrogen and oxygen atoms in total. The predicted molar refractivity (Wildman–Crippen MR) is 49.0 cm³/mol. The van der Waals surface area contributed by atoms with E-state index in [2.05, 4.69) is 0 Å². The molecule has 0 spiro atoms. The van der Waals surface area contributed by atoms with E-state index < -0.39 is 0 Å². The Bertz CT molecular complexity index is 444. The summed E-state index contributed by atoms with van der Waals surface area (Å²) in [7, 11) is 0. The summed E-state index contributed by atoms with van der Waals surface area (Å²) in [5.74, 6) is -0.307. The van der Waals surface area contributed by atoms with Crippen LogP contribution in [0.25, 0.3) is 5.57 Å². The van der Waals surface area contributed by atoms with Crippen molar-refractivity contribution in [3.63, 3.8) is 0 Å². The van der Waals surface area contributed by atoms with Crippen LogP contribution in [0.4, 0.5) is 0 Å². The van der Waals surface area contributed by atoms with E-state index in [1.165, 1.54) is 12.1 Å². The standard InChI is InChI=1S/C10H6N2O2/c11-2-1-7(6-12)8-3-9(13)5-10(14)4-8/h1,3-5,13-14H. The Morgan fingerprint density at radius 3 is 2.14 bits per heavy atom. The number of rotatable bonds is 1. The third-order valence-corrected chi connectivity index (χ3v) is 1.54. The normalized spacial score (nSPS) is 10.3. The minimum atomic E-state index is -0.154. The molecular formula is C10H6N2O2. The van der Waals surface area contributed by atoms with Crippen LogP contribution in [0.2, 0.25) is 0 Å². The molecule has 1 aromatic carbocycles. The molecule has 1 rings (SSSR count). The van der Waals surface area contributed by atoms with Gasteiger partial charge in [0.05, 0.1) is 11.6 Å². The first-order valence-electron chi connectivity index (χ1n) is 3.70. The fraction of sp³-hybridized carbons (Fsp3) is 0. The molecule has 0 heterocycles. The summed E-state index contributed by atoms with van der Waals surface area (Å²) in [4.78, 5) is 0. The van der Waals surface area contributed by atoms with Crippen LogP contribution in [0.1, 0.15) is 5.56 Å². The number of hydrogen-bond acceptors (Lipinski definition) is 4. The topological polar surface area (TPSA) is 88.0 Å². The van der Waals surface area contributed by atoms with E-state index in [4.69, 9.17) is 20.7 Å². The van der Waals surface area contributed by atoms with E-state index in [0.29, 0.717) is 5.56 Å². The third-order valence-electron chi connectivity index (χ3n) is 1.54. The summed E-state index contributed by atoms with van der Waals surface area (Å²) < 4.78 is 0. The van der Waals surface area contributed by atoms with Crippen LogP contribution < -0.4 is 0 Å². The summed E-state index contributed by atoms with van der Waals surface area (Å²) in [5.41, 5.74) is 0.408. The van der Waals surface area contributed by atoms with Crippen LogP contribution in [-0.2, 0) is 0 Å². The Morgan fingerprint density at radius 2 is 1.71 bits per heavy atom. The second kappa shape index (κ2) is 3.97. The molecule has 68 valence electrons. The van der Waals surface area contributed by atoms with Gasteiger partial charge >= 0.3 is 0 Å². The van der Waals surface area contributed by atoms with E-state index in [9.17, 15) is 0 Å². The lowest BCUT2D eigenvalue weighted by Crippen LogP contribution is -1.81. The number of hydrogen-bond donors (Lipinski definition) is 2. The van der Waals surface area contributed by atoms with Gasteiger partial charge in [0, 0.05) is 17.7 Å². The molecule has 0 bridgehead atoms. The molecule has 4 heteroatoms. The van der Waals surface area contributed by atoms with Gasteiger partial charge in [-0.3, -0.25) is 0 Å². The maximum atomic E-state index is 9.13. The van der Waals surface area contributed by atoms with Crippen molar-refractivity contribution in [3.05, 3.63) is 29.8 Å². The maximum absolute atomic E-state index is 9.13. The van der Waals surface area contributed by atoms with Gasteiger partial charge in [-0.15, -0.1) is 0 Å². The molecule has 0 amide bonds. The second-order valence-corrected chi connectivity index (χ2v) is 2.54. The first kappa shape index (κ1) is 9.63. The van der Waals surface area contributed by atoms with E-state index >= 15 is 0 Å². The Kier molecular flexibility index (Phi) is 2.73. The lowest BCUT2D eigenvalue weighted by molar-refractivity contribution is 0.450. The van der Waals surface area contributed by atoms with Crippen molar-refractivity contribution in [1.29, 1.82) is 10.5 Å². The van der Waals surface area contributed by atoms with Crippen molar-refractivity contribution in [2.45, 2.75) is 0 Å². The van der Waals surface area contributed by atoms with Crippen molar-refractivity contribution in [2.75, 3.05) is 0 Å². The van der Waals surface area contributed by atoms with Gasteiger partial charge in [0.2, 0.25) is 0 Å². The Hall–Kier alpha value is -2.46. The number of phenols is 2. The molecule has 0 aliphatic carbocycles. The second-order valence-electron chi connectivity index (χ2n) is 2.54. The fourth-order valence-corrected chi connectivity index (χ4v) is 0.995. The first-order valence-corrected chi connectivity index (χ1v) is 3.70. The van der Waals surface area contributed by atoms with Gasteiger partial charge in [-0.25, -0.2) is 0 Å². The monoisotopic (exact) mass is 186 g/mol. The average molecular weight is 186 g/mol. The van der Waals surface area contributed by atoms with Crippen molar-refractivity contribution in [1.82, 2.24) is 0 Å². The molecule has 0 radical (unpaired) electrons. The SMILES string of the molecule is N#CC=C(C#N)c1cc(O)cc(O)c1. The lowest BCUT2D eigenvalue weighted by Gasteiger charge is -2.00. The Balaban J connectivity index is 3.27. The van der Waals surface area contributed by atoms with Crippen LogP contribution in [0.5, 0.6) is 11.5 Å². The highest BCUT2D eigenvalue weighted by molar-refractivity contribution is 5.79. The number of nitriles is 2. The highest BCUT2D eigenvalue weighted by Crippen LogP contribution is 2.24. The van der Waals surface area contributed by atoms with Crippen molar-refractivity contribution in [2.24, 2.45) is 0 Å². The van der Waals surface area contributed by atoms with Crippen LogP contribution in [0.15, 0.2) is 24.3 Å². The quantitative estimate of drug-likeness (QED) is 0.651. The Morgan fingerprint density at radius 1 is 1.14 bits per heavy atom. The highest BCUT2D eigenvalue weighted by Gasteiger charge is 2.03. The van der Waals surface area contributed by atoms with Gasteiger partial charge in [-0.05, 0) is 12.1 Å². The number of phenolic OH excluding ortho intramolecular Hbond substituents is 2. The van der Waals surface area contributed by atoms with Crippen LogP contribution in [0, 0.1) is 22.7 Å². The highest BCUT2D eigenvalue weighted by atomic mass is 16.3. The molecule has 0 saturated carbocycles. The minimum Gasteiger partial charge on any atom is -0.508 e. The summed E-state index contributed by atoms with van der Waals surface area (Å²) >= 11 is 0. The van der Waals surface area contributed by atoms with Crippen LogP contribution in [0.3, 0.4) is 0 Å². The molecule has 14 heavy (non-hydrogen) atoms. The molecule has 0 aliphatic rings. The molecule has 0 atom stereocenters. The third kappa shape index (κ3) is 2.02. The van der Waals surface area contributed by atoms with Gasteiger partial charge in [-0.2, -0.15) is 10.5 Å². The van der Waals surface area contributed by atoms with Gasteiger partial charge in [-0.1, -0.05) is 0 Å².